The fourth-order valence-corrected chi connectivity index (χ4v) is 5.94. The van der Waals surface area contributed by atoms with Gasteiger partial charge in [-0.1, -0.05) is 11.6 Å². The van der Waals surface area contributed by atoms with Gasteiger partial charge in [0, 0.05) is 60.6 Å². The van der Waals surface area contributed by atoms with Crippen LogP contribution >= 0.6 is 11.6 Å². The zero-order valence-corrected chi connectivity index (χ0v) is 22.0. The Morgan fingerprint density at radius 3 is 2.42 bits per heavy atom. The van der Waals surface area contributed by atoms with Crippen LogP contribution in [0.2, 0.25) is 5.02 Å². The number of aryl methyl sites for hydroxylation is 1. The minimum Gasteiger partial charge on any atom is -0.368 e. The largest absolute Gasteiger partial charge is 0.368 e. The topological polar surface area (TPSA) is 69.1 Å². The Labute approximate surface area is 216 Å². The van der Waals surface area contributed by atoms with Gasteiger partial charge in [-0.2, -0.15) is 5.10 Å². The summed E-state index contributed by atoms with van der Waals surface area (Å²) in [5, 5.41) is 15.5. The van der Waals surface area contributed by atoms with Gasteiger partial charge in [-0.25, -0.2) is 0 Å². The van der Waals surface area contributed by atoms with Gasteiger partial charge in [0.2, 0.25) is 0 Å². The van der Waals surface area contributed by atoms with Gasteiger partial charge in [-0.15, -0.1) is 10.2 Å². The SMILES string of the molecule is Cc1cc(-c2cc3c(-c4cnn(C5CCN(C)CC5)c4)c[nH]c3nn2)cc(Cl)c1N1CCN(C)CC1. The smallest absolute Gasteiger partial charge is 0.160 e. The molecule has 188 valence electrons. The predicted molar refractivity (Wildman–Crippen MR) is 146 cm³/mol. The molecule has 2 aliphatic rings. The first-order valence-electron chi connectivity index (χ1n) is 12.8. The van der Waals surface area contributed by atoms with E-state index in [4.69, 9.17) is 16.7 Å². The number of fused-ring (bicyclic) bond motifs is 1. The first kappa shape index (κ1) is 23.5. The average molecular weight is 505 g/mol. The molecule has 36 heavy (non-hydrogen) atoms. The van der Waals surface area contributed by atoms with Crippen LogP contribution in [0.5, 0.6) is 0 Å². The van der Waals surface area contributed by atoms with Crippen molar-refractivity contribution in [1.29, 1.82) is 0 Å². The third-order valence-electron chi connectivity index (χ3n) is 7.78. The van der Waals surface area contributed by atoms with Crippen molar-refractivity contribution >= 4 is 28.3 Å². The quantitative estimate of drug-likeness (QED) is 0.442. The first-order valence-corrected chi connectivity index (χ1v) is 13.2. The average Bonchev–Trinajstić information content (AvgIpc) is 3.52. The molecule has 2 saturated heterocycles. The van der Waals surface area contributed by atoms with E-state index in [1.807, 2.05) is 18.5 Å². The molecule has 0 amide bonds. The number of aromatic amines is 1. The lowest BCUT2D eigenvalue weighted by atomic mass is 10.0. The highest BCUT2D eigenvalue weighted by Gasteiger charge is 2.22. The molecule has 0 aliphatic carbocycles. The van der Waals surface area contributed by atoms with Crippen molar-refractivity contribution in [1.82, 2.24) is 34.8 Å². The molecular weight excluding hydrogens is 472 g/mol. The second kappa shape index (κ2) is 9.50. The van der Waals surface area contributed by atoms with E-state index in [0.29, 0.717) is 6.04 Å². The highest BCUT2D eigenvalue weighted by atomic mass is 35.5. The van der Waals surface area contributed by atoms with Crippen LogP contribution in [-0.4, -0.2) is 88.1 Å². The molecule has 6 rings (SSSR count). The number of likely N-dealkylation sites (N-methyl/N-ethyl adjacent to an activating group) is 1. The summed E-state index contributed by atoms with van der Waals surface area (Å²) in [6, 6.07) is 6.78. The van der Waals surface area contributed by atoms with Crippen molar-refractivity contribution in [3.63, 3.8) is 0 Å². The molecule has 0 unspecified atom stereocenters. The van der Waals surface area contributed by atoms with Gasteiger partial charge < -0.3 is 19.7 Å². The van der Waals surface area contributed by atoms with Crippen molar-refractivity contribution in [2.45, 2.75) is 25.8 Å². The normalized spacial score (nSPS) is 18.4. The number of likely N-dealkylation sites (tertiary alicyclic amines) is 1. The summed E-state index contributed by atoms with van der Waals surface area (Å²) in [4.78, 5) is 10.4. The second-order valence-corrected chi connectivity index (χ2v) is 10.8. The van der Waals surface area contributed by atoms with E-state index in [1.54, 1.807) is 0 Å². The van der Waals surface area contributed by atoms with Gasteiger partial charge in [-0.3, -0.25) is 4.68 Å². The maximum atomic E-state index is 6.84. The lowest BCUT2D eigenvalue weighted by molar-refractivity contribution is 0.212. The summed E-state index contributed by atoms with van der Waals surface area (Å²) in [6.07, 6.45) is 8.40. The molecule has 5 heterocycles. The lowest BCUT2D eigenvalue weighted by Gasteiger charge is -2.35. The molecular formula is C27H33ClN8. The van der Waals surface area contributed by atoms with E-state index in [9.17, 15) is 0 Å². The number of benzene rings is 1. The van der Waals surface area contributed by atoms with E-state index in [-0.39, 0.29) is 0 Å². The zero-order chi connectivity index (χ0) is 24.8. The van der Waals surface area contributed by atoms with E-state index in [1.165, 1.54) is 0 Å². The number of piperidine rings is 1. The van der Waals surface area contributed by atoms with Gasteiger partial charge in [0.25, 0.3) is 0 Å². The molecule has 1 aromatic carbocycles. The van der Waals surface area contributed by atoms with Crippen LogP contribution in [0.15, 0.2) is 36.8 Å². The van der Waals surface area contributed by atoms with Crippen LogP contribution in [0.25, 0.3) is 33.4 Å². The Morgan fingerprint density at radius 2 is 1.67 bits per heavy atom. The van der Waals surface area contributed by atoms with Gasteiger partial charge >= 0.3 is 0 Å². The molecule has 0 saturated carbocycles. The number of anilines is 1. The van der Waals surface area contributed by atoms with Crippen LogP contribution in [-0.2, 0) is 0 Å². The third kappa shape index (κ3) is 4.38. The second-order valence-electron chi connectivity index (χ2n) is 10.4. The number of aromatic nitrogens is 5. The van der Waals surface area contributed by atoms with Gasteiger partial charge in [0.1, 0.15) is 0 Å². The third-order valence-corrected chi connectivity index (χ3v) is 8.07. The highest BCUT2D eigenvalue weighted by molar-refractivity contribution is 6.33. The summed E-state index contributed by atoms with van der Waals surface area (Å²) in [7, 11) is 4.35. The van der Waals surface area contributed by atoms with Crippen molar-refractivity contribution in [3.8, 4) is 22.4 Å². The van der Waals surface area contributed by atoms with Crippen LogP contribution in [0.4, 0.5) is 5.69 Å². The minimum atomic E-state index is 0.458. The molecule has 2 fully saturated rings. The van der Waals surface area contributed by atoms with Crippen LogP contribution in [0.1, 0.15) is 24.4 Å². The Morgan fingerprint density at radius 1 is 0.917 bits per heavy atom. The molecule has 0 bridgehead atoms. The number of H-pyrrole nitrogens is 1. The molecule has 9 heteroatoms. The van der Waals surface area contributed by atoms with Gasteiger partial charge in [-0.05, 0) is 70.7 Å². The molecule has 0 spiro atoms. The standard InChI is InChI=1S/C27H33ClN8/c1-18-12-19(13-24(28)26(18)35-10-8-34(3)9-11-35)25-14-22-23(16-29-27(22)32-31-25)20-15-30-36(17-20)21-4-6-33(2)7-5-21/h12-17,21H,4-11H2,1-3H3,(H,29,32). The molecule has 4 aromatic rings. The number of hydrogen-bond donors (Lipinski definition) is 1. The summed E-state index contributed by atoms with van der Waals surface area (Å²) in [5.41, 5.74) is 7.07. The van der Waals surface area contributed by atoms with E-state index < -0.39 is 0 Å². The zero-order valence-electron chi connectivity index (χ0n) is 21.2. The molecule has 1 N–H and O–H groups in total. The Bertz CT molecular complexity index is 1350. The van der Waals surface area contributed by atoms with Crippen molar-refractivity contribution < 1.29 is 0 Å². The number of rotatable bonds is 4. The van der Waals surface area contributed by atoms with Crippen LogP contribution in [0.3, 0.4) is 0 Å². The Hall–Kier alpha value is -2.94. The molecule has 8 nitrogen and oxygen atoms in total. The lowest BCUT2D eigenvalue weighted by Crippen LogP contribution is -2.44. The number of nitrogens with zero attached hydrogens (tertiary/aromatic N) is 7. The van der Waals surface area contributed by atoms with Gasteiger partial charge in [0.15, 0.2) is 5.65 Å². The highest BCUT2D eigenvalue weighted by Crippen LogP contribution is 2.36. The monoisotopic (exact) mass is 504 g/mol. The van der Waals surface area contributed by atoms with Crippen LogP contribution in [0, 0.1) is 6.92 Å². The molecule has 0 radical (unpaired) electrons. The summed E-state index contributed by atoms with van der Waals surface area (Å²) < 4.78 is 2.14. The van der Waals surface area contributed by atoms with Crippen LogP contribution < -0.4 is 4.90 Å². The number of halogens is 1. The minimum absolute atomic E-state index is 0.458. The first-order chi connectivity index (χ1) is 17.5. The summed E-state index contributed by atoms with van der Waals surface area (Å²) in [5.74, 6) is 0. The van der Waals surface area contributed by atoms with Gasteiger partial charge in [0.05, 0.1) is 28.6 Å². The molecule has 2 aliphatic heterocycles. The molecule has 3 aromatic heterocycles. The van der Waals surface area contributed by atoms with Crippen molar-refractivity contribution in [3.05, 3.63) is 47.4 Å². The summed E-state index contributed by atoms with van der Waals surface area (Å²) in [6.45, 7) is 8.42. The van der Waals surface area contributed by atoms with E-state index in [2.05, 4.69) is 73.9 Å². The van der Waals surface area contributed by atoms with E-state index >= 15 is 0 Å². The number of nitrogens with one attached hydrogen (secondary N) is 1. The maximum Gasteiger partial charge on any atom is 0.160 e. The number of hydrogen-bond acceptors (Lipinski definition) is 6. The Balaban J connectivity index is 1.30. The molecule has 0 atom stereocenters. The fraction of sp³-hybridized carbons (Fsp3) is 0.444. The number of piperazine rings is 1. The summed E-state index contributed by atoms with van der Waals surface area (Å²) >= 11 is 6.84. The van der Waals surface area contributed by atoms with Crippen molar-refractivity contribution in [2.24, 2.45) is 0 Å². The fourth-order valence-electron chi connectivity index (χ4n) is 5.55. The Kier molecular flexibility index (Phi) is 6.19. The van der Waals surface area contributed by atoms with Crippen molar-refractivity contribution in [2.75, 3.05) is 58.3 Å². The predicted octanol–water partition coefficient (Wildman–Crippen LogP) is 4.47. The maximum absolute atomic E-state index is 6.84. The van der Waals surface area contributed by atoms with E-state index in [0.717, 1.165) is 102 Å².